The van der Waals surface area contributed by atoms with Crippen LogP contribution in [0.5, 0.6) is 0 Å². The molecule has 0 spiro atoms. The normalized spacial score (nSPS) is 9.08. The highest BCUT2D eigenvalue weighted by Crippen LogP contribution is 1.68. The zero-order valence-corrected chi connectivity index (χ0v) is 8.10. The Bertz CT molecular complexity index is 147. The summed E-state index contributed by atoms with van der Waals surface area (Å²) in [7, 11) is 0. The predicted molar refractivity (Wildman–Crippen MR) is 56.0 cm³/mol. The molecular formula is C9H20N4. The summed E-state index contributed by atoms with van der Waals surface area (Å²) in [5.41, 5.74) is 10.6. The minimum absolute atomic E-state index is 0.712. The SMILES string of the molecule is NCCCNC#CCNCCCN. The topological polar surface area (TPSA) is 76.1 Å². The molecule has 0 radical (unpaired) electrons. The van der Waals surface area contributed by atoms with E-state index in [0.717, 1.165) is 39.0 Å². The number of rotatable bonds is 7. The molecule has 0 heterocycles. The third-order valence-electron chi connectivity index (χ3n) is 1.45. The molecule has 0 saturated carbocycles. The summed E-state index contributed by atoms with van der Waals surface area (Å²) in [6.45, 7) is 3.97. The Balaban J connectivity index is 3.02. The van der Waals surface area contributed by atoms with Crippen LogP contribution in [0.4, 0.5) is 0 Å². The van der Waals surface area contributed by atoms with E-state index in [1.165, 1.54) is 0 Å². The van der Waals surface area contributed by atoms with Gasteiger partial charge in [-0.1, -0.05) is 5.92 Å². The van der Waals surface area contributed by atoms with Gasteiger partial charge in [0.2, 0.25) is 0 Å². The first kappa shape index (κ1) is 12.2. The van der Waals surface area contributed by atoms with E-state index in [1.54, 1.807) is 0 Å². The smallest absolute Gasteiger partial charge is 0.0594 e. The Hall–Kier alpha value is -0.760. The van der Waals surface area contributed by atoms with Gasteiger partial charge in [-0.3, -0.25) is 0 Å². The first-order valence-corrected chi connectivity index (χ1v) is 4.73. The van der Waals surface area contributed by atoms with Gasteiger partial charge in [-0.25, -0.2) is 0 Å². The summed E-state index contributed by atoms with van der Waals surface area (Å²) in [5, 5.41) is 6.13. The summed E-state index contributed by atoms with van der Waals surface area (Å²) < 4.78 is 0. The van der Waals surface area contributed by atoms with E-state index in [4.69, 9.17) is 11.5 Å². The highest BCUT2D eigenvalue weighted by molar-refractivity contribution is 4.98. The molecule has 0 unspecified atom stereocenters. The molecule has 4 heteroatoms. The monoisotopic (exact) mass is 184 g/mol. The molecular weight excluding hydrogens is 164 g/mol. The van der Waals surface area contributed by atoms with Crippen LogP contribution in [-0.2, 0) is 0 Å². The number of nitrogens with one attached hydrogen (secondary N) is 2. The van der Waals surface area contributed by atoms with Crippen molar-refractivity contribution in [2.75, 3.05) is 32.7 Å². The summed E-state index contributed by atoms with van der Waals surface area (Å²) in [6.07, 6.45) is 1.97. The average molecular weight is 184 g/mol. The first-order valence-electron chi connectivity index (χ1n) is 4.73. The molecule has 76 valence electrons. The molecule has 0 atom stereocenters. The molecule has 0 bridgehead atoms. The third-order valence-corrected chi connectivity index (χ3v) is 1.45. The van der Waals surface area contributed by atoms with Crippen LogP contribution in [0.2, 0.25) is 0 Å². The van der Waals surface area contributed by atoms with Crippen molar-refractivity contribution in [1.29, 1.82) is 0 Å². The molecule has 0 aromatic rings. The second-order valence-corrected chi connectivity index (χ2v) is 2.69. The van der Waals surface area contributed by atoms with E-state index in [9.17, 15) is 0 Å². The molecule has 0 aliphatic heterocycles. The molecule has 0 saturated heterocycles. The quantitative estimate of drug-likeness (QED) is 0.228. The summed E-state index contributed by atoms with van der Waals surface area (Å²) >= 11 is 0. The van der Waals surface area contributed by atoms with Crippen LogP contribution in [0.1, 0.15) is 12.8 Å². The van der Waals surface area contributed by atoms with Gasteiger partial charge in [0.15, 0.2) is 0 Å². The van der Waals surface area contributed by atoms with Crippen molar-refractivity contribution in [2.45, 2.75) is 12.8 Å². The van der Waals surface area contributed by atoms with Crippen molar-refractivity contribution in [2.24, 2.45) is 11.5 Å². The van der Waals surface area contributed by atoms with Crippen molar-refractivity contribution in [3.63, 3.8) is 0 Å². The van der Waals surface area contributed by atoms with Gasteiger partial charge in [0.1, 0.15) is 0 Å². The van der Waals surface area contributed by atoms with Gasteiger partial charge in [0.05, 0.1) is 6.54 Å². The van der Waals surface area contributed by atoms with Gasteiger partial charge in [0.25, 0.3) is 0 Å². The number of hydrogen-bond donors (Lipinski definition) is 4. The second kappa shape index (κ2) is 11.2. The Kier molecular flexibility index (Phi) is 10.6. The lowest BCUT2D eigenvalue weighted by Crippen LogP contribution is -2.19. The molecule has 0 amide bonds. The first-order chi connectivity index (χ1) is 6.41. The third kappa shape index (κ3) is 11.2. The lowest BCUT2D eigenvalue weighted by Gasteiger charge is -1.96. The van der Waals surface area contributed by atoms with E-state index < -0.39 is 0 Å². The van der Waals surface area contributed by atoms with Crippen LogP contribution in [-0.4, -0.2) is 32.7 Å². The van der Waals surface area contributed by atoms with Crippen LogP contribution in [0, 0.1) is 12.0 Å². The fourth-order valence-corrected chi connectivity index (χ4v) is 0.738. The molecule has 0 fully saturated rings. The molecule has 0 aromatic carbocycles. The van der Waals surface area contributed by atoms with E-state index in [1.807, 2.05) is 0 Å². The van der Waals surface area contributed by atoms with Gasteiger partial charge < -0.3 is 22.1 Å². The van der Waals surface area contributed by atoms with E-state index in [-0.39, 0.29) is 0 Å². The molecule has 6 N–H and O–H groups in total. The Morgan fingerprint density at radius 3 is 2.38 bits per heavy atom. The fraction of sp³-hybridized carbons (Fsp3) is 0.778. The van der Waals surface area contributed by atoms with Crippen LogP contribution in [0.3, 0.4) is 0 Å². The van der Waals surface area contributed by atoms with Crippen molar-refractivity contribution < 1.29 is 0 Å². The van der Waals surface area contributed by atoms with Crippen LogP contribution in [0.15, 0.2) is 0 Å². The summed E-state index contributed by atoms with van der Waals surface area (Å²) in [5.74, 6) is 2.95. The highest BCUT2D eigenvalue weighted by Gasteiger charge is 1.81. The minimum Gasteiger partial charge on any atom is -0.346 e. The van der Waals surface area contributed by atoms with Crippen molar-refractivity contribution in [1.82, 2.24) is 10.6 Å². The van der Waals surface area contributed by atoms with Crippen molar-refractivity contribution in [3.8, 4) is 12.0 Å². The predicted octanol–water partition coefficient (Wildman–Crippen LogP) is -1.18. The van der Waals surface area contributed by atoms with E-state index >= 15 is 0 Å². The number of hydrogen-bond acceptors (Lipinski definition) is 4. The maximum atomic E-state index is 5.32. The van der Waals surface area contributed by atoms with E-state index in [2.05, 4.69) is 22.6 Å². The number of nitrogens with two attached hydrogens (primary N) is 2. The maximum absolute atomic E-state index is 5.32. The van der Waals surface area contributed by atoms with Gasteiger partial charge in [0, 0.05) is 12.6 Å². The zero-order valence-electron chi connectivity index (χ0n) is 8.10. The van der Waals surface area contributed by atoms with Gasteiger partial charge in [-0.05, 0) is 32.5 Å². The minimum atomic E-state index is 0.712. The lowest BCUT2D eigenvalue weighted by molar-refractivity contribution is 0.705. The maximum Gasteiger partial charge on any atom is 0.0594 e. The molecule has 0 aliphatic rings. The Morgan fingerprint density at radius 1 is 1.00 bits per heavy atom. The molecule has 0 rings (SSSR count). The Labute approximate surface area is 80.4 Å². The van der Waals surface area contributed by atoms with Crippen LogP contribution in [0.25, 0.3) is 0 Å². The zero-order chi connectivity index (χ0) is 9.78. The Morgan fingerprint density at radius 2 is 1.69 bits per heavy atom. The molecule has 0 aromatic heterocycles. The lowest BCUT2D eigenvalue weighted by atomic mass is 10.4. The van der Waals surface area contributed by atoms with Crippen LogP contribution >= 0.6 is 0 Å². The largest absolute Gasteiger partial charge is 0.346 e. The van der Waals surface area contributed by atoms with Crippen LogP contribution < -0.4 is 22.1 Å². The van der Waals surface area contributed by atoms with Gasteiger partial charge >= 0.3 is 0 Å². The van der Waals surface area contributed by atoms with Gasteiger partial charge in [-0.15, -0.1) is 0 Å². The fourth-order valence-electron chi connectivity index (χ4n) is 0.738. The summed E-state index contributed by atoms with van der Waals surface area (Å²) in [4.78, 5) is 0. The molecule has 13 heavy (non-hydrogen) atoms. The van der Waals surface area contributed by atoms with Gasteiger partial charge in [-0.2, -0.15) is 0 Å². The molecule has 4 nitrogen and oxygen atoms in total. The second-order valence-electron chi connectivity index (χ2n) is 2.69. The summed E-state index contributed by atoms with van der Waals surface area (Å²) in [6, 6.07) is 2.85. The standard InChI is InChI=1S/C9H20N4/c10-4-1-6-12-8-3-9-13-7-2-5-11/h12-13H,1-2,4-8,10-11H2. The van der Waals surface area contributed by atoms with Crippen molar-refractivity contribution in [3.05, 3.63) is 0 Å². The average Bonchev–Trinajstić information content (AvgIpc) is 2.16. The van der Waals surface area contributed by atoms with E-state index in [0.29, 0.717) is 6.54 Å². The van der Waals surface area contributed by atoms with Crippen molar-refractivity contribution >= 4 is 0 Å². The highest BCUT2D eigenvalue weighted by atomic mass is 14.9. The molecule has 0 aliphatic carbocycles.